The van der Waals surface area contributed by atoms with Crippen LogP contribution in [0.4, 0.5) is 0 Å². The molecule has 0 atom stereocenters. The van der Waals surface area contributed by atoms with E-state index in [1.165, 1.54) is 13.2 Å². The van der Waals surface area contributed by atoms with Crippen LogP contribution in [0.1, 0.15) is 32.1 Å². The van der Waals surface area contributed by atoms with E-state index in [4.69, 9.17) is 9.47 Å². The van der Waals surface area contributed by atoms with Crippen LogP contribution in [0.15, 0.2) is 121 Å². The fraction of sp³-hybridized carbons (Fsp3) is 0.0857. The number of aromatic carboxylic acids is 1. The number of methoxy groups -OCH3 is 1. The van der Waals surface area contributed by atoms with Crippen molar-refractivity contribution in [3.05, 3.63) is 144 Å². The molecule has 2 aromatic heterocycles. The van der Waals surface area contributed by atoms with Gasteiger partial charge in [-0.05, 0) is 71.8 Å². The molecule has 0 aliphatic rings. The Hall–Kier alpha value is -5.56. The van der Waals surface area contributed by atoms with E-state index in [2.05, 4.69) is 25.1 Å². The number of ether oxygens (including phenoxy) is 3. The van der Waals surface area contributed by atoms with E-state index in [0.717, 1.165) is 33.8 Å². The molecule has 2 N–H and O–H groups in total. The van der Waals surface area contributed by atoms with Gasteiger partial charge in [0.25, 0.3) is 0 Å². The average Bonchev–Trinajstić information content (AvgIpc) is 3.80. The van der Waals surface area contributed by atoms with E-state index in [0.29, 0.717) is 30.3 Å². The average molecular weight is 609 g/mol. The van der Waals surface area contributed by atoms with E-state index in [9.17, 15) is 14.7 Å². The predicted molar refractivity (Wildman–Crippen MR) is 165 cm³/mol. The third-order valence-electron chi connectivity index (χ3n) is 6.58. The monoisotopic (exact) mass is 608 g/mol. The molecule has 0 radical (unpaired) electrons. The van der Waals surface area contributed by atoms with E-state index in [1.54, 1.807) is 6.07 Å². The Morgan fingerprint density at radius 1 is 0.630 bits per heavy atom. The molecule has 226 valence electrons. The molecule has 0 saturated heterocycles. The van der Waals surface area contributed by atoms with Gasteiger partial charge in [0.15, 0.2) is 0 Å². The topological polar surface area (TPSA) is 142 Å². The third kappa shape index (κ3) is 9.22. The first kappa shape index (κ1) is 33.3. The summed E-state index contributed by atoms with van der Waals surface area (Å²) in [5.74, 6) is -0.197. The quantitative estimate of drug-likeness (QED) is 0.179. The van der Waals surface area contributed by atoms with Crippen LogP contribution in [0.5, 0.6) is 11.5 Å². The number of aromatic amines is 2. The van der Waals surface area contributed by atoms with Gasteiger partial charge in [-0.3, -0.25) is 10.2 Å². The van der Waals surface area contributed by atoms with Gasteiger partial charge in [-0.25, -0.2) is 4.79 Å². The van der Waals surface area contributed by atoms with Crippen molar-refractivity contribution in [3.63, 3.8) is 0 Å². The number of rotatable bonds is 10. The predicted octanol–water partition coefficient (Wildman–Crippen LogP) is 2.47. The van der Waals surface area contributed by atoms with Crippen molar-refractivity contribution in [3.8, 4) is 34.0 Å². The Morgan fingerprint density at radius 2 is 1.04 bits per heavy atom. The van der Waals surface area contributed by atoms with Crippen LogP contribution in [-0.4, -0.2) is 39.4 Å². The molecule has 0 bridgehead atoms. The second-order valence-electron chi connectivity index (χ2n) is 9.71. The number of aromatic nitrogens is 4. The van der Waals surface area contributed by atoms with Gasteiger partial charge in [-0.1, -0.05) is 60.7 Å². The Kier molecular flexibility index (Phi) is 12.0. The molecular formula is C35H29LiN4O6. The number of esters is 1. The number of carbonyl (C=O) groups excluding carboxylic acids is 2. The number of hydrogen-bond donors (Lipinski definition) is 2. The Bertz CT molecular complexity index is 1820. The summed E-state index contributed by atoms with van der Waals surface area (Å²) in [5.41, 5.74) is 5.42. The molecule has 0 aliphatic carbocycles. The van der Waals surface area contributed by atoms with Crippen molar-refractivity contribution in [1.82, 2.24) is 20.4 Å². The zero-order valence-corrected chi connectivity index (χ0v) is 25.3. The van der Waals surface area contributed by atoms with Crippen LogP contribution >= 0.6 is 0 Å². The molecule has 10 nitrogen and oxygen atoms in total. The van der Waals surface area contributed by atoms with Gasteiger partial charge in [0.1, 0.15) is 30.4 Å². The van der Waals surface area contributed by atoms with E-state index >= 15 is 0 Å². The fourth-order valence-electron chi connectivity index (χ4n) is 4.18. The molecular weight excluding hydrogens is 579 g/mol. The number of H-pyrrole nitrogens is 2. The van der Waals surface area contributed by atoms with Gasteiger partial charge in [-0.15, -0.1) is 0 Å². The molecule has 0 aliphatic heterocycles. The first-order chi connectivity index (χ1) is 22.0. The number of nitrogens with zero attached hydrogens (tertiary/aromatic N) is 2. The van der Waals surface area contributed by atoms with E-state index in [1.807, 2.05) is 109 Å². The molecule has 46 heavy (non-hydrogen) atoms. The largest absolute Gasteiger partial charge is 1.00 e. The molecule has 0 amide bonds. The second-order valence-corrected chi connectivity index (χ2v) is 9.71. The van der Waals surface area contributed by atoms with Crippen LogP contribution in [0, 0.1) is 0 Å². The summed E-state index contributed by atoms with van der Waals surface area (Å²) in [7, 11) is 1.34. The van der Waals surface area contributed by atoms with Crippen LogP contribution in [0.2, 0.25) is 0 Å². The van der Waals surface area contributed by atoms with Gasteiger partial charge >= 0.3 is 24.8 Å². The number of carbonyl (C=O) groups is 2. The van der Waals surface area contributed by atoms with Gasteiger partial charge in [0.2, 0.25) is 0 Å². The van der Waals surface area contributed by atoms with Gasteiger partial charge in [0, 0.05) is 11.1 Å². The molecule has 6 aromatic rings. The number of nitrogens with one attached hydrogen (secondary N) is 2. The Morgan fingerprint density at radius 3 is 1.43 bits per heavy atom. The first-order valence-corrected chi connectivity index (χ1v) is 13.9. The summed E-state index contributed by atoms with van der Waals surface area (Å²) >= 11 is 0. The van der Waals surface area contributed by atoms with Crippen LogP contribution in [0.3, 0.4) is 0 Å². The smallest absolute Gasteiger partial charge is 0.543 e. The Balaban J connectivity index is 0.000000205. The van der Waals surface area contributed by atoms with Crippen molar-refractivity contribution < 1.29 is 47.8 Å². The van der Waals surface area contributed by atoms with Crippen LogP contribution in [-0.2, 0) is 18.0 Å². The molecule has 0 saturated carbocycles. The summed E-state index contributed by atoms with van der Waals surface area (Å²) in [6.45, 7) is 1.02. The maximum Gasteiger partial charge on any atom is 1.00 e. The Labute approximate surface area is 277 Å². The van der Waals surface area contributed by atoms with Crippen molar-refractivity contribution >= 4 is 11.9 Å². The van der Waals surface area contributed by atoms with Crippen molar-refractivity contribution in [1.29, 1.82) is 0 Å². The zero-order valence-electron chi connectivity index (χ0n) is 25.3. The minimum atomic E-state index is -1.28. The molecule has 4 aromatic carbocycles. The summed E-state index contributed by atoms with van der Waals surface area (Å²) in [4.78, 5) is 22.1. The maximum absolute atomic E-state index is 11.4. The fourth-order valence-corrected chi connectivity index (χ4v) is 4.18. The van der Waals surface area contributed by atoms with Gasteiger partial charge in [0.05, 0.1) is 30.2 Å². The summed E-state index contributed by atoms with van der Waals surface area (Å²) in [6.07, 6.45) is 0. The van der Waals surface area contributed by atoms with Gasteiger partial charge in [-0.2, -0.15) is 10.2 Å². The summed E-state index contributed by atoms with van der Waals surface area (Å²) in [5, 5.41) is 23.9. The minimum absolute atomic E-state index is 0. The third-order valence-corrected chi connectivity index (χ3v) is 6.58. The minimum Gasteiger partial charge on any atom is -0.543 e. The zero-order chi connectivity index (χ0) is 31.4. The second kappa shape index (κ2) is 16.5. The van der Waals surface area contributed by atoms with Crippen molar-refractivity contribution in [2.24, 2.45) is 0 Å². The summed E-state index contributed by atoms with van der Waals surface area (Å²) < 4.78 is 16.1. The SMILES string of the molecule is COC(=O)c1cc(-c2ccc(OCc3ccccc3)cc2)n[nH]1.O=C([O-])c1cc(-c2ccc(OCc3ccccc3)cc2)n[nH]1.[Li+]. The first-order valence-electron chi connectivity index (χ1n) is 13.9. The molecule has 6 rings (SSSR count). The van der Waals surface area contributed by atoms with Gasteiger partial charge < -0.3 is 24.1 Å². The normalized spacial score (nSPS) is 10.1. The molecule has 0 unspecified atom stereocenters. The maximum atomic E-state index is 11.4. The molecule has 0 spiro atoms. The standard InChI is InChI=1S/C18H16N2O3.C17H14N2O3.Li/c1-22-18(21)17-11-16(19-20-17)14-7-9-15(10-8-14)23-12-13-5-3-2-4-6-13;20-17(21)16-10-15(18-19-16)13-6-8-14(9-7-13)22-11-12-4-2-1-3-5-12;/h2-11H,12H2,1H3,(H,19,20);1-10H,11H2,(H,18,19)(H,20,21);/q;;+1/p-1. The van der Waals surface area contributed by atoms with E-state index in [-0.39, 0.29) is 24.6 Å². The summed E-state index contributed by atoms with van der Waals surface area (Å²) in [6, 6.07) is 37.8. The number of carboxylic acids is 1. The molecule has 2 heterocycles. The number of benzene rings is 4. The molecule has 0 fully saturated rings. The van der Waals surface area contributed by atoms with E-state index < -0.39 is 11.9 Å². The van der Waals surface area contributed by atoms with Crippen LogP contribution in [0.25, 0.3) is 22.5 Å². The number of carboxylic acid groups (broad SMARTS) is 1. The number of hydrogen-bond acceptors (Lipinski definition) is 8. The molecule has 11 heteroatoms. The van der Waals surface area contributed by atoms with Crippen molar-refractivity contribution in [2.45, 2.75) is 13.2 Å². The van der Waals surface area contributed by atoms with Crippen LogP contribution < -0.4 is 33.4 Å². The van der Waals surface area contributed by atoms with Crippen molar-refractivity contribution in [2.75, 3.05) is 7.11 Å².